The van der Waals surface area contributed by atoms with Gasteiger partial charge < -0.3 is 20.6 Å². The maximum atomic E-state index is 11.1. The summed E-state index contributed by atoms with van der Waals surface area (Å²) < 4.78 is 0. The molecule has 2 saturated heterocycles. The largest absolute Gasteiger partial charge is 0.465 e. The highest BCUT2D eigenvalue weighted by atomic mass is 16.4. The number of nitrogens with zero attached hydrogens (tertiary/aromatic N) is 3. The first-order valence-corrected chi connectivity index (χ1v) is 8.57. The van der Waals surface area contributed by atoms with Crippen LogP contribution in [-0.2, 0) is 0 Å². The summed E-state index contributed by atoms with van der Waals surface area (Å²) in [5.74, 6) is 1.12. The number of piperidine rings is 1. The summed E-state index contributed by atoms with van der Waals surface area (Å²) >= 11 is 0. The first-order chi connectivity index (χ1) is 11.0. The molecule has 7 heteroatoms. The van der Waals surface area contributed by atoms with Gasteiger partial charge in [0.15, 0.2) is 0 Å². The molecule has 1 amide bonds. The van der Waals surface area contributed by atoms with Crippen LogP contribution in [0.15, 0.2) is 6.07 Å². The van der Waals surface area contributed by atoms with E-state index in [1.807, 2.05) is 6.07 Å². The molecule has 4 N–H and O–H groups in total. The van der Waals surface area contributed by atoms with Gasteiger partial charge in [0.25, 0.3) is 0 Å². The molecule has 4 rings (SSSR count). The first kappa shape index (κ1) is 14.8. The van der Waals surface area contributed by atoms with Crippen LogP contribution in [0.5, 0.6) is 0 Å². The van der Waals surface area contributed by atoms with E-state index >= 15 is 0 Å². The smallest absolute Gasteiger partial charge is 0.407 e. The van der Waals surface area contributed by atoms with Gasteiger partial charge in [-0.3, -0.25) is 5.10 Å². The predicted octanol–water partition coefficient (Wildman–Crippen LogP) is 1.70. The molecule has 3 fully saturated rings. The van der Waals surface area contributed by atoms with E-state index in [9.17, 15) is 4.79 Å². The summed E-state index contributed by atoms with van der Waals surface area (Å²) in [6, 6.07) is 2.61. The van der Waals surface area contributed by atoms with Crippen molar-refractivity contribution in [3.05, 3.63) is 11.8 Å². The molecule has 1 aromatic heterocycles. The zero-order valence-electron chi connectivity index (χ0n) is 13.4. The van der Waals surface area contributed by atoms with Crippen molar-refractivity contribution in [3.8, 4) is 0 Å². The third kappa shape index (κ3) is 2.67. The number of rotatable bonds is 2. The number of nitrogen functional groups attached to an aromatic ring is 1. The predicted molar refractivity (Wildman–Crippen MR) is 86.2 cm³/mol. The Balaban J connectivity index is 1.27. The minimum atomic E-state index is -0.759. The Bertz CT molecular complexity index is 587. The quantitative estimate of drug-likeness (QED) is 0.771. The first-order valence-electron chi connectivity index (χ1n) is 8.57. The van der Waals surface area contributed by atoms with Crippen LogP contribution in [0, 0.1) is 5.41 Å². The van der Waals surface area contributed by atoms with E-state index in [0.717, 1.165) is 38.9 Å². The molecule has 126 valence electrons. The van der Waals surface area contributed by atoms with Gasteiger partial charge in [0.1, 0.15) is 5.82 Å². The molecule has 0 radical (unpaired) electrons. The number of hydrogen-bond acceptors (Lipinski definition) is 4. The third-order valence-electron chi connectivity index (χ3n) is 6.15. The number of aromatic amines is 1. The van der Waals surface area contributed by atoms with Gasteiger partial charge in [-0.25, -0.2) is 4.79 Å². The SMILES string of the molecule is Nc1cc(C2CCN(C3CC4(CCN(C(=O)O)C4)C3)CC2)[nH]n1. The molecule has 0 unspecified atom stereocenters. The maximum Gasteiger partial charge on any atom is 0.407 e. The minimum Gasteiger partial charge on any atom is -0.465 e. The fourth-order valence-corrected chi connectivity index (χ4v) is 4.77. The Kier molecular flexibility index (Phi) is 3.48. The van der Waals surface area contributed by atoms with E-state index in [4.69, 9.17) is 10.8 Å². The summed E-state index contributed by atoms with van der Waals surface area (Å²) in [5, 5.41) is 16.2. The minimum absolute atomic E-state index is 0.276. The number of H-pyrrole nitrogens is 1. The van der Waals surface area contributed by atoms with E-state index in [0.29, 0.717) is 24.3 Å². The normalized spacial score (nSPS) is 32.3. The molecule has 23 heavy (non-hydrogen) atoms. The lowest BCUT2D eigenvalue weighted by Crippen LogP contribution is -2.54. The van der Waals surface area contributed by atoms with Crippen LogP contribution < -0.4 is 5.73 Å². The van der Waals surface area contributed by atoms with Gasteiger partial charge >= 0.3 is 6.09 Å². The number of hydrogen-bond donors (Lipinski definition) is 3. The van der Waals surface area contributed by atoms with Gasteiger partial charge in [-0.05, 0) is 50.6 Å². The van der Waals surface area contributed by atoms with E-state index in [1.165, 1.54) is 18.5 Å². The highest BCUT2D eigenvalue weighted by Gasteiger charge is 2.51. The van der Waals surface area contributed by atoms with Crippen LogP contribution in [0.3, 0.4) is 0 Å². The zero-order chi connectivity index (χ0) is 16.0. The van der Waals surface area contributed by atoms with Crippen molar-refractivity contribution < 1.29 is 9.90 Å². The van der Waals surface area contributed by atoms with Crippen molar-refractivity contribution in [3.63, 3.8) is 0 Å². The second-order valence-corrected chi connectivity index (χ2v) is 7.57. The van der Waals surface area contributed by atoms with Gasteiger partial charge in [0.2, 0.25) is 0 Å². The zero-order valence-corrected chi connectivity index (χ0v) is 13.4. The van der Waals surface area contributed by atoms with Crippen LogP contribution >= 0.6 is 0 Å². The van der Waals surface area contributed by atoms with Crippen molar-refractivity contribution in [2.45, 2.75) is 44.1 Å². The fraction of sp³-hybridized carbons (Fsp3) is 0.750. The van der Waals surface area contributed by atoms with Crippen molar-refractivity contribution in [2.75, 3.05) is 31.9 Å². The summed E-state index contributed by atoms with van der Waals surface area (Å²) in [7, 11) is 0. The molecule has 2 aliphatic heterocycles. The average molecular weight is 319 g/mol. The van der Waals surface area contributed by atoms with E-state index in [-0.39, 0.29) is 5.41 Å². The second kappa shape index (κ2) is 5.40. The summed E-state index contributed by atoms with van der Waals surface area (Å²) in [6.07, 6.45) is 4.90. The highest BCUT2D eigenvalue weighted by Crippen LogP contribution is 2.50. The Morgan fingerprint density at radius 3 is 2.65 bits per heavy atom. The number of anilines is 1. The van der Waals surface area contributed by atoms with Gasteiger partial charge in [-0.15, -0.1) is 0 Å². The molecule has 1 aromatic rings. The lowest BCUT2D eigenvalue weighted by Gasteiger charge is -2.51. The van der Waals surface area contributed by atoms with Gasteiger partial charge in [-0.1, -0.05) is 0 Å². The van der Waals surface area contributed by atoms with Gasteiger partial charge in [-0.2, -0.15) is 5.10 Å². The summed E-state index contributed by atoms with van der Waals surface area (Å²) in [5.41, 5.74) is 7.13. The molecule has 0 atom stereocenters. The Morgan fingerprint density at radius 1 is 1.35 bits per heavy atom. The molecule has 0 bridgehead atoms. The van der Waals surface area contributed by atoms with E-state index in [2.05, 4.69) is 15.1 Å². The summed E-state index contributed by atoms with van der Waals surface area (Å²) in [6.45, 7) is 3.69. The number of carbonyl (C=O) groups is 1. The third-order valence-corrected chi connectivity index (χ3v) is 6.15. The number of aromatic nitrogens is 2. The number of amides is 1. The fourth-order valence-electron chi connectivity index (χ4n) is 4.77. The van der Waals surface area contributed by atoms with Crippen LogP contribution in [0.25, 0.3) is 0 Å². The molecule has 0 aromatic carbocycles. The summed E-state index contributed by atoms with van der Waals surface area (Å²) in [4.78, 5) is 15.3. The number of carboxylic acid groups (broad SMARTS) is 1. The van der Waals surface area contributed by atoms with Crippen molar-refractivity contribution >= 4 is 11.9 Å². The van der Waals surface area contributed by atoms with Crippen molar-refractivity contribution in [2.24, 2.45) is 5.41 Å². The van der Waals surface area contributed by atoms with E-state index in [1.54, 1.807) is 4.90 Å². The number of nitrogens with two attached hydrogens (primary N) is 1. The molecular weight excluding hydrogens is 294 g/mol. The Hall–Kier alpha value is -1.76. The Labute approximate surface area is 135 Å². The second-order valence-electron chi connectivity index (χ2n) is 7.57. The van der Waals surface area contributed by atoms with Crippen LogP contribution in [-0.4, -0.2) is 63.4 Å². The van der Waals surface area contributed by atoms with Crippen LogP contribution in [0.2, 0.25) is 0 Å². The topological polar surface area (TPSA) is 98.5 Å². The van der Waals surface area contributed by atoms with Crippen LogP contribution in [0.1, 0.15) is 43.7 Å². The molecule has 1 saturated carbocycles. The molecule has 7 nitrogen and oxygen atoms in total. The van der Waals surface area contributed by atoms with Crippen molar-refractivity contribution in [1.29, 1.82) is 0 Å². The molecule has 3 heterocycles. The molecule has 1 spiro atoms. The lowest BCUT2D eigenvalue weighted by atomic mass is 9.64. The number of likely N-dealkylation sites (tertiary alicyclic amines) is 2. The maximum absolute atomic E-state index is 11.1. The average Bonchev–Trinajstić information content (AvgIpc) is 3.12. The monoisotopic (exact) mass is 319 g/mol. The van der Waals surface area contributed by atoms with E-state index < -0.39 is 6.09 Å². The lowest BCUT2D eigenvalue weighted by molar-refractivity contribution is -0.00402. The highest BCUT2D eigenvalue weighted by molar-refractivity contribution is 5.65. The van der Waals surface area contributed by atoms with Gasteiger partial charge in [0, 0.05) is 36.8 Å². The Morgan fingerprint density at radius 2 is 2.09 bits per heavy atom. The standard InChI is InChI=1S/C16H25N5O2/c17-14-7-13(18-19-14)11-1-4-20(5-2-11)12-8-16(9-12)3-6-21(10-16)15(22)23/h7,11-12H,1-6,8-10H2,(H,22,23)(H3,17,18,19). The van der Waals surface area contributed by atoms with Crippen molar-refractivity contribution in [1.82, 2.24) is 20.0 Å². The number of nitrogens with one attached hydrogen (secondary N) is 1. The molecular formula is C16H25N5O2. The molecule has 1 aliphatic carbocycles. The van der Waals surface area contributed by atoms with Crippen LogP contribution in [0.4, 0.5) is 10.6 Å². The van der Waals surface area contributed by atoms with Gasteiger partial charge in [0.05, 0.1) is 0 Å². The molecule has 3 aliphatic rings.